The second-order valence-electron chi connectivity index (χ2n) is 6.00. The van der Waals surface area contributed by atoms with Crippen LogP contribution in [0.5, 0.6) is 10.9 Å². The van der Waals surface area contributed by atoms with Gasteiger partial charge in [0.25, 0.3) is 5.19 Å². The highest BCUT2D eigenvalue weighted by Gasteiger charge is 2.18. The van der Waals surface area contributed by atoms with Gasteiger partial charge < -0.3 is 4.74 Å². The number of thiazole rings is 1. The number of fused-ring (bicyclic) bond motifs is 1. The van der Waals surface area contributed by atoms with E-state index in [-0.39, 0.29) is 0 Å². The monoisotopic (exact) mass is 343 g/mol. The van der Waals surface area contributed by atoms with Gasteiger partial charge in [-0.05, 0) is 42.7 Å². The molecule has 3 aromatic rings. The van der Waals surface area contributed by atoms with Gasteiger partial charge in [-0.25, -0.2) is 9.37 Å². The molecule has 0 saturated carbocycles. The highest BCUT2D eigenvalue weighted by molar-refractivity contribution is 7.20. The van der Waals surface area contributed by atoms with E-state index in [1.54, 1.807) is 6.20 Å². The number of likely N-dealkylation sites (tertiary alicyclic amines) is 1. The molecule has 1 fully saturated rings. The average Bonchev–Trinajstić information content (AvgIpc) is 3.01. The first-order valence-corrected chi connectivity index (χ1v) is 8.93. The van der Waals surface area contributed by atoms with Gasteiger partial charge in [0.05, 0.1) is 4.70 Å². The van der Waals surface area contributed by atoms with Crippen molar-refractivity contribution < 1.29 is 9.13 Å². The minimum Gasteiger partial charge on any atom is -0.431 e. The van der Waals surface area contributed by atoms with Gasteiger partial charge in [-0.2, -0.15) is 4.98 Å². The third kappa shape index (κ3) is 3.55. The maximum atomic E-state index is 13.2. The molecule has 2 aromatic heterocycles. The lowest BCUT2D eigenvalue weighted by Gasteiger charge is -2.28. The highest BCUT2D eigenvalue weighted by atomic mass is 32.1. The zero-order chi connectivity index (χ0) is 16.4. The lowest BCUT2D eigenvalue weighted by atomic mass is 10.1. The van der Waals surface area contributed by atoms with Crippen LogP contribution in [0.1, 0.15) is 18.4 Å². The number of alkyl halides is 1. The topological polar surface area (TPSA) is 38.2 Å². The molecule has 4 nitrogen and oxygen atoms in total. The third-order valence-electron chi connectivity index (χ3n) is 4.20. The van der Waals surface area contributed by atoms with Gasteiger partial charge in [0.2, 0.25) is 0 Å². The molecule has 0 amide bonds. The number of pyridine rings is 1. The molecule has 4 rings (SSSR count). The zero-order valence-electron chi connectivity index (χ0n) is 13.2. The van der Waals surface area contributed by atoms with Crippen LogP contribution in [0.2, 0.25) is 0 Å². The predicted molar refractivity (Wildman–Crippen MR) is 93.3 cm³/mol. The molecule has 0 atom stereocenters. The molecule has 1 saturated heterocycles. The number of halogens is 1. The lowest BCUT2D eigenvalue weighted by molar-refractivity contribution is 0.145. The van der Waals surface area contributed by atoms with Gasteiger partial charge in [-0.3, -0.25) is 4.90 Å². The molecule has 0 radical (unpaired) electrons. The number of nitrogens with zero attached hydrogens (tertiary/aromatic N) is 3. The summed E-state index contributed by atoms with van der Waals surface area (Å²) >= 11 is 1.49. The molecular formula is C18H18FN3OS. The molecule has 1 aliphatic rings. The first-order chi connectivity index (χ1) is 11.8. The maximum absolute atomic E-state index is 13.2. The van der Waals surface area contributed by atoms with Crippen LogP contribution in [0.3, 0.4) is 0 Å². The van der Waals surface area contributed by atoms with Crippen molar-refractivity contribution >= 4 is 21.7 Å². The van der Waals surface area contributed by atoms with Gasteiger partial charge in [0.15, 0.2) is 5.65 Å². The van der Waals surface area contributed by atoms with Crippen LogP contribution in [-0.2, 0) is 6.54 Å². The predicted octanol–water partition coefficient (Wildman–Crippen LogP) is 4.42. The second-order valence-corrected chi connectivity index (χ2v) is 6.99. The van der Waals surface area contributed by atoms with Crippen LogP contribution in [0.4, 0.5) is 4.39 Å². The van der Waals surface area contributed by atoms with Crippen LogP contribution in [0.25, 0.3) is 10.3 Å². The summed E-state index contributed by atoms with van der Waals surface area (Å²) in [6.45, 7) is 2.52. The average molecular weight is 343 g/mol. The Hall–Kier alpha value is -2.05. The van der Waals surface area contributed by atoms with Crippen LogP contribution in [0.15, 0.2) is 42.6 Å². The molecule has 0 unspecified atom stereocenters. The van der Waals surface area contributed by atoms with Crippen molar-refractivity contribution in [2.24, 2.45) is 0 Å². The molecule has 3 heterocycles. The smallest absolute Gasteiger partial charge is 0.281 e. The van der Waals surface area contributed by atoms with Gasteiger partial charge in [0.1, 0.15) is 11.9 Å². The Morgan fingerprint density at radius 1 is 1.17 bits per heavy atom. The van der Waals surface area contributed by atoms with Gasteiger partial charge >= 0.3 is 0 Å². The van der Waals surface area contributed by atoms with Crippen molar-refractivity contribution in [1.29, 1.82) is 0 Å². The van der Waals surface area contributed by atoms with Crippen molar-refractivity contribution in [2.75, 3.05) is 13.1 Å². The summed E-state index contributed by atoms with van der Waals surface area (Å²) < 4.78 is 20.0. The fourth-order valence-corrected chi connectivity index (χ4v) is 3.67. The van der Waals surface area contributed by atoms with Crippen molar-refractivity contribution in [3.8, 4) is 10.9 Å². The van der Waals surface area contributed by atoms with Gasteiger partial charge in [0, 0.05) is 25.8 Å². The van der Waals surface area contributed by atoms with E-state index in [0.29, 0.717) is 23.7 Å². The number of aromatic nitrogens is 2. The molecule has 24 heavy (non-hydrogen) atoms. The van der Waals surface area contributed by atoms with Crippen molar-refractivity contribution in [3.05, 3.63) is 48.2 Å². The van der Waals surface area contributed by atoms with Crippen molar-refractivity contribution in [3.63, 3.8) is 0 Å². The fraction of sp³-hybridized carbons (Fsp3) is 0.333. The largest absolute Gasteiger partial charge is 0.431 e. The SMILES string of the molecule is FC1CCN(Cc2ccc(Oc3nc4ncccc4s3)cc2)CC1. The van der Waals surface area contributed by atoms with E-state index in [4.69, 9.17) is 4.74 Å². The number of hydrogen-bond donors (Lipinski definition) is 0. The molecule has 1 aromatic carbocycles. The van der Waals surface area contributed by atoms with E-state index in [1.807, 2.05) is 24.3 Å². The van der Waals surface area contributed by atoms with Crippen LogP contribution < -0.4 is 4.74 Å². The minimum atomic E-state index is -0.625. The number of benzene rings is 1. The molecule has 0 N–H and O–H groups in total. The Morgan fingerprint density at radius 2 is 1.96 bits per heavy atom. The van der Waals surface area contributed by atoms with Crippen LogP contribution in [0, 0.1) is 0 Å². The maximum Gasteiger partial charge on any atom is 0.281 e. The summed E-state index contributed by atoms with van der Waals surface area (Å²) in [7, 11) is 0. The Labute approximate surface area is 143 Å². The summed E-state index contributed by atoms with van der Waals surface area (Å²) in [6, 6.07) is 11.9. The normalized spacial score (nSPS) is 16.5. The molecule has 0 bridgehead atoms. The first-order valence-electron chi connectivity index (χ1n) is 8.11. The number of ether oxygens (including phenoxy) is 1. The van der Waals surface area contributed by atoms with Crippen molar-refractivity contribution in [2.45, 2.75) is 25.6 Å². The number of hydrogen-bond acceptors (Lipinski definition) is 5. The van der Waals surface area contributed by atoms with E-state index >= 15 is 0 Å². The fourth-order valence-electron chi connectivity index (χ4n) is 2.87. The summed E-state index contributed by atoms with van der Waals surface area (Å²) in [5, 5.41) is 0.599. The minimum absolute atomic E-state index is 0.599. The number of rotatable bonds is 4. The van der Waals surface area contributed by atoms with Crippen LogP contribution in [-0.4, -0.2) is 34.1 Å². The van der Waals surface area contributed by atoms with E-state index < -0.39 is 6.17 Å². The summed E-state index contributed by atoms with van der Waals surface area (Å²) in [4.78, 5) is 10.9. The highest BCUT2D eigenvalue weighted by Crippen LogP contribution is 2.30. The van der Waals surface area contributed by atoms with Gasteiger partial charge in [-0.1, -0.05) is 23.5 Å². The van der Waals surface area contributed by atoms with Crippen LogP contribution >= 0.6 is 11.3 Å². The van der Waals surface area contributed by atoms with Gasteiger partial charge in [-0.15, -0.1) is 0 Å². The van der Waals surface area contributed by atoms with Crippen molar-refractivity contribution in [1.82, 2.24) is 14.9 Å². The molecule has 1 aliphatic heterocycles. The molecular weight excluding hydrogens is 325 g/mol. The number of piperidine rings is 1. The quantitative estimate of drug-likeness (QED) is 0.703. The summed E-state index contributed by atoms with van der Waals surface area (Å²) in [5.74, 6) is 0.764. The second kappa shape index (κ2) is 6.83. The Bertz CT molecular complexity index is 780. The molecule has 0 spiro atoms. The van der Waals surface area contributed by atoms with E-state index in [0.717, 1.165) is 30.1 Å². The lowest BCUT2D eigenvalue weighted by Crippen LogP contribution is -2.33. The standard InChI is InChI=1S/C18H18FN3OS/c19-14-7-10-22(11-8-14)12-13-3-5-15(6-4-13)23-18-21-17-16(24-18)2-1-9-20-17/h1-6,9,14H,7-8,10-12H2. The Morgan fingerprint density at radius 3 is 2.71 bits per heavy atom. The molecule has 6 heteroatoms. The molecule has 124 valence electrons. The van der Waals surface area contributed by atoms with E-state index in [9.17, 15) is 4.39 Å². The summed E-state index contributed by atoms with van der Waals surface area (Å²) in [5.41, 5.74) is 1.93. The first kappa shape index (κ1) is 15.5. The zero-order valence-corrected chi connectivity index (χ0v) is 14.0. The Balaban J connectivity index is 1.40. The summed E-state index contributed by atoms with van der Waals surface area (Å²) in [6.07, 6.45) is 2.40. The third-order valence-corrected chi connectivity index (χ3v) is 5.08. The van der Waals surface area contributed by atoms with E-state index in [1.165, 1.54) is 16.9 Å². The Kier molecular flexibility index (Phi) is 4.40. The van der Waals surface area contributed by atoms with E-state index in [2.05, 4.69) is 27.0 Å². The molecule has 0 aliphatic carbocycles.